The van der Waals surface area contributed by atoms with Crippen LogP contribution >= 0.6 is 11.8 Å². The number of hydrogen-bond acceptors (Lipinski definition) is 5. The van der Waals surface area contributed by atoms with E-state index < -0.39 is 23.5 Å². The molecule has 5 rings (SSSR count). The second-order valence-electron chi connectivity index (χ2n) is 10.5. The summed E-state index contributed by atoms with van der Waals surface area (Å²) in [5.41, 5.74) is -1.94. The molecule has 0 saturated carbocycles. The Morgan fingerprint density at radius 1 is 1.02 bits per heavy atom. The number of aromatic nitrogens is 2. The van der Waals surface area contributed by atoms with E-state index in [1.54, 1.807) is 24.3 Å². The third kappa shape index (κ3) is 5.62. The van der Waals surface area contributed by atoms with Gasteiger partial charge in [0.05, 0.1) is 34.3 Å². The molecule has 3 heterocycles. The Morgan fingerprint density at radius 2 is 1.77 bits per heavy atom. The molecular weight excluding hydrogens is 556 g/mol. The Morgan fingerprint density at radius 3 is 2.45 bits per heavy atom. The number of nitrogens with zero attached hydrogens (tertiary/aromatic N) is 5. The standard InChI is InChI=1S/C27H25F6N5OS/c1-25(2)15-37(9-8-36(25)3)24-35-23(39)22(40-24)11-16-4-7-21-18(10-16)13-34-38(21)14-17-5-6-19(26(28,29)30)12-20(17)27(31,32)33/h4-7,10-13H,8-9,14-15H2,1-3H3/b22-11-. The number of carbonyl (C=O) groups is 1. The maximum absolute atomic E-state index is 13.6. The van der Waals surface area contributed by atoms with Gasteiger partial charge in [-0.15, -0.1) is 0 Å². The smallest absolute Gasteiger partial charge is 0.348 e. The van der Waals surface area contributed by atoms with Gasteiger partial charge in [0.1, 0.15) is 0 Å². The minimum Gasteiger partial charge on any atom is -0.348 e. The number of alkyl halides is 6. The maximum atomic E-state index is 13.6. The van der Waals surface area contributed by atoms with Gasteiger partial charge in [0.25, 0.3) is 5.91 Å². The first kappa shape index (κ1) is 28.2. The Hall–Kier alpha value is -3.32. The van der Waals surface area contributed by atoms with E-state index in [1.165, 1.54) is 22.6 Å². The average molecular weight is 582 g/mol. The van der Waals surface area contributed by atoms with Crippen molar-refractivity contribution >= 4 is 39.8 Å². The Kier molecular flexibility index (Phi) is 7.02. The highest BCUT2D eigenvalue weighted by atomic mass is 32.2. The second kappa shape index (κ2) is 9.95. The molecule has 6 nitrogen and oxygen atoms in total. The molecule has 3 aromatic rings. The van der Waals surface area contributed by atoms with Crippen molar-refractivity contribution in [1.82, 2.24) is 19.6 Å². The predicted molar refractivity (Wildman–Crippen MR) is 142 cm³/mol. The summed E-state index contributed by atoms with van der Waals surface area (Å²) < 4.78 is 81.1. The molecule has 0 spiro atoms. The Bertz CT molecular complexity index is 1540. The summed E-state index contributed by atoms with van der Waals surface area (Å²) in [6, 6.07) is 6.70. The second-order valence-corrected chi connectivity index (χ2v) is 11.5. The molecule has 0 radical (unpaired) electrons. The molecule has 0 N–H and O–H groups in total. The summed E-state index contributed by atoms with van der Waals surface area (Å²) in [7, 11) is 2.06. The molecule has 1 aromatic heterocycles. The first-order valence-corrected chi connectivity index (χ1v) is 13.2. The molecule has 0 aliphatic carbocycles. The van der Waals surface area contributed by atoms with Gasteiger partial charge in [-0.25, -0.2) is 0 Å². The van der Waals surface area contributed by atoms with Crippen molar-refractivity contribution in [2.75, 3.05) is 26.7 Å². The fourth-order valence-corrected chi connectivity index (χ4v) is 5.66. The van der Waals surface area contributed by atoms with Crippen LogP contribution in [0.5, 0.6) is 0 Å². The molecule has 0 atom stereocenters. The van der Waals surface area contributed by atoms with Gasteiger partial charge < -0.3 is 4.90 Å². The minimum absolute atomic E-state index is 0.0662. The summed E-state index contributed by atoms with van der Waals surface area (Å²) in [5.74, 6) is -0.338. The third-order valence-corrected chi connectivity index (χ3v) is 8.27. The first-order chi connectivity index (χ1) is 18.6. The highest BCUT2D eigenvalue weighted by Gasteiger charge is 2.38. The van der Waals surface area contributed by atoms with Crippen LogP contribution in [0.15, 0.2) is 52.5 Å². The van der Waals surface area contributed by atoms with Crippen molar-refractivity contribution < 1.29 is 31.1 Å². The van der Waals surface area contributed by atoms with E-state index in [2.05, 4.69) is 40.8 Å². The van der Waals surface area contributed by atoms with Crippen molar-refractivity contribution in [3.63, 3.8) is 0 Å². The highest BCUT2D eigenvalue weighted by Crippen LogP contribution is 2.38. The monoisotopic (exact) mass is 581 g/mol. The van der Waals surface area contributed by atoms with Gasteiger partial charge in [-0.3, -0.25) is 14.4 Å². The number of carbonyl (C=O) groups excluding carboxylic acids is 1. The Labute approximate surface area is 230 Å². The normalized spacial score (nSPS) is 19.6. The van der Waals surface area contributed by atoms with Crippen LogP contribution in [-0.2, 0) is 23.7 Å². The number of amides is 1. The molecule has 212 valence electrons. The number of piperazine rings is 1. The molecule has 0 bridgehead atoms. The third-order valence-electron chi connectivity index (χ3n) is 7.22. The SMILES string of the molecule is CN1CCN(C2=NC(=O)/C(=C/c3ccc4c(cnn4Cc4ccc(C(F)(F)F)cc4C(F)(F)F)c3)S2)CC1(C)C. The van der Waals surface area contributed by atoms with Crippen LogP contribution < -0.4 is 0 Å². The van der Waals surface area contributed by atoms with Gasteiger partial charge in [0.2, 0.25) is 0 Å². The number of fused-ring (bicyclic) bond motifs is 1. The highest BCUT2D eigenvalue weighted by molar-refractivity contribution is 8.18. The van der Waals surface area contributed by atoms with Crippen LogP contribution in [0.2, 0.25) is 0 Å². The Balaban J connectivity index is 1.36. The molecule has 0 unspecified atom stereocenters. The van der Waals surface area contributed by atoms with E-state index in [0.717, 1.165) is 25.7 Å². The number of aliphatic imine (C=N–C) groups is 1. The van der Waals surface area contributed by atoms with Crippen LogP contribution in [0.1, 0.15) is 36.1 Å². The average Bonchev–Trinajstić information content (AvgIpc) is 3.42. The van der Waals surface area contributed by atoms with Gasteiger partial charge >= 0.3 is 12.4 Å². The summed E-state index contributed by atoms with van der Waals surface area (Å²) in [6.07, 6.45) is -6.69. The number of rotatable bonds is 3. The van der Waals surface area contributed by atoms with E-state index in [9.17, 15) is 31.1 Å². The number of halogens is 6. The zero-order chi connectivity index (χ0) is 29.0. The molecule has 13 heteroatoms. The fraction of sp³-hybridized carbons (Fsp3) is 0.370. The number of amidine groups is 1. The van der Waals surface area contributed by atoms with E-state index in [1.807, 2.05) is 0 Å². The zero-order valence-corrected chi connectivity index (χ0v) is 22.6. The molecule has 1 fully saturated rings. The van der Waals surface area contributed by atoms with Crippen LogP contribution in [0.3, 0.4) is 0 Å². The number of thioether (sulfide) groups is 1. The molecular formula is C27H25F6N5OS. The van der Waals surface area contributed by atoms with Crippen LogP contribution in [0, 0.1) is 0 Å². The topological polar surface area (TPSA) is 53.7 Å². The van der Waals surface area contributed by atoms with Gasteiger partial charge in [0, 0.05) is 30.6 Å². The lowest BCUT2D eigenvalue weighted by Crippen LogP contribution is -2.58. The lowest BCUT2D eigenvalue weighted by Gasteiger charge is -2.45. The van der Waals surface area contributed by atoms with E-state index in [4.69, 9.17) is 0 Å². The van der Waals surface area contributed by atoms with Gasteiger partial charge in [0.15, 0.2) is 5.17 Å². The zero-order valence-electron chi connectivity index (χ0n) is 21.8. The molecule has 1 amide bonds. The predicted octanol–water partition coefficient (Wildman–Crippen LogP) is 6.12. The van der Waals surface area contributed by atoms with E-state index in [0.29, 0.717) is 32.6 Å². The number of likely N-dealkylation sites (N-methyl/N-ethyl adjacent to an activating group) is 1. The maximum Gasteiger partial charge on any atom is 0.416 e. The van der Waals surface area contributed by atoms with Gasteiger partial charge in [-0.05, 0) is 74.1 Å². The summed E-state index contributed by atoms with van der Waals surface area (Å²) in [4.78, 5) is 21.7. The molecule has 2 aliphatic rings. The van der Waals surface area contributed by atoms with Gasteiger partial charge in [-0.2, -0.15) is 36.4 Å². The lowest BCUT2D eigenvalue weighted by atomic mass is 10.0. The van der Waals surface area contributed by atoms with Crippen molar-refractivity contribution in [1.29, 1.82) is 0 Å². The largest absolute Gasteiger partial charge is 0.416 e. The van der Waals surface area contributed by atoms with Crippen molar-refractivity contribution in [2.24, 2.45) is 4.99 Å². The van der Waals surface area contributed by atoms with Crippen molar-refractivity contribution in [3.05, 3.63) is 69.8 Å². The van der Waals surface area contributed by atoms with Crippen LogP contribution in [0.25, 0.3) is 17.0 Å². The molecule has 1 saturated heterocycles. The first-order valence-electron chi connectivity index (χ1n) is 12.3. The van der Waals surface area contributed by atoms with E-state index in [-0.39, 0.29) is 29.6 Å². The molecule has 40 heavy (non-hydrogen) atoms. The minimum atomic E-state index is -4.97. The molecule has 2 aromatic carbocycles. The number of hydrogen-bond donors (Lipinski definition) is 0. The van der Waals surface area contributed by atoms with Crippen molar-refractivity contribution in [3.8, 4) is 0 Å². The van der Waals surface area contributed by atoms with Gasteiger partial charge in [-0.1, -0.05) is 12.1 Å². The number of benzene rings is 2. The quantitative estimate of drug-likeness (QED) is 0.276. The molecule has 2 aliphatic heterocycles. The lowest BCUT2D eigenvalue weighted by molar-refractivity contribution is -0.143. The van der Waals surface area contributed by atoms with Crippen LogP contribution in [-0.4, -0.2) is 62.9 Å². The van der Waals surface area contributed by atoms with Crippen LogP contribution in [0.4, 0.5) is 26.3 Å². The fourth-order valence-electron chi connectivity index (χ4n) is 4.73. The summed E-state index contributed by atoms with van der Waals surface area (Å²) in [6.45, 7) is 6.23. The van der Waals surface area contributed by atoms with E-state index >= 15 is 0 Å². The summed E-state index contributed by atoms with van der Waals surface area (Å²) >= 11 is 1.30. The summed E-state index contributed by atoms with van der Waals surface area (Å²) in [5, 5.41) is 5.43. The van der Waals surface area contributed by atoms with Crippen molar-refractivity contribution in [2.45, 2.75) is 38.3 Å².